The number of benzene rings is 2. The summed E-state index contributed by atoms with van der Waals surface area (Å²) in [4.78, 5) is 12.6. The third-order valence-electron chi connectivity index (χ3n) is 3.73. The van der Waals surface area contributed by atoms with E-state index in [2.05, 4.69) is 5.32 Å². The van der Waals surface area contributed by atoms with E-state index in [4.69, 9.17) is 17.3 Å². The minimum atomic E-state index is -3.87. The molecule has 0 aliphatic heterocycles. The maximum absolute atomic E-state index is 12.8. The predicted octanol–water partition coefficient (Wildman–Crippen LogP) is 3.13. The van der Waals surface area contributed by atoms with Crippen LogP contribution in [0.3, 0.4) is 0 Å². The van der Waals surface area contributed by atoms with Crippen LogP contribution in [-0.2, 0) is 14.6 Å². The van der Waals surface area contributed by atoms with Crippen molar-refractivity contribution in [3.8, 4) is 5.75 Å². The van der Waals surface area contributed by atoms with Crippen LogP contribution >= 0.6 is 11.6 Å². The third kappa shape index (κ3) is 4.05. The molecule has 2 aromatic carbocycles. The van der Waals surface area contributed by atoms with E-state index in [0.717, 1.165) is 5.56 Å². The van der Waals surface area contributed by atoms with Gasteiger partial charge >= 0.3 is 0 Å². The fourth-order valence-corrected chi connectivity index (χ4v) is 4.33. The molecule has 2 aromatic rings. The number of nitrogens with one attached hydrogen (secondary N) is 1. The fourth-order valence-electron chi connectivity index (χ4n) is 2.39. The number of amides is 1. The Morgan fingerprint density at radius 3 is 2.60 bits per heavy atom. The molecule has 0 heterocycles. The number of carbonyl (C=O) groups excluding carboxylic acids is 1. The molecule has 0 aromatic heterocycles. The first-order chi connectivity index (χ1) is 11.7. The Bertz CT molecular complexity index is 913. The maximum atomic E-state index is 12.8. The second kappa shape index (κ2) is 7.33. The Balaban J connectivity index is 2.34. The Hall–Kier alpha value is -2.25. The van der Waals surface area contributed by atoms with Gasteiger partial charge < -0.3 is 16.2 Å². The summed E-state index contributed by atoms with van der Waals surface area (Å²) in [7, 11) is -3.87. The zero-order valence-electron chi connectivity index (χ0n) is 13.8. The van der Waals surface area contributed by atoms with Gasteiger partial charge in [0.1, 0.15) is 11.0 Å². The van der Waals surface area contributed by atoms with Gasteiger partial charge in [0.25, 0.3) is 0 Å². The summed E-state index contributed by atoms with van der Waals surface area (Å²) in [5, 5.41) is 10.9. The molecule has 0 saturated carbocycles. The molecule has 8 heteroatoms. The number of sulfone groups is 1. The molecule has 0 aliphatic rings. The molecule has 2 rings (SSSR count). The van der Waals surface area contributed by atoms with Crippen molar-refractivity contribution in [2.45, 2.75) is 30.4 Å². The lowest BCUT2D eigenvalue weighted by Gasteiger charge is -2.17. The van der Waals surface area contributed by atoms with Crippen LogP contribution in [0.4, 0.5) is 11.4 Å². The SMILES string of the molecule is CCC(C(=O)Nc1cc(O)c(N)cc1Cl)S(=O)(=O)c1cccc(C)c1. The number of aryl methyl sites for hydroxylation is 1. The highest BCUT2D eigenvalue weighted by Crippen LogP contribution is 2.32. The number of hydrogen-bond donors (Lipinski definition) is 3. The quantitative estimate of drug-likeness (QED) is 0.543. The summed E-state index contributed by atoms with van der Waals surface area (Å²) in [6.45, 7) is 3.39. The van der Waals surface area contributed by atoms with E-state index in [1.807, 2.05) is 0 Å². The number of halogens is 1. The Kier molecular flexibility index (Phi) is 5.59. The number of anilines is 2. The van der Waals surface area contributed by atoms with Crippen molar-refractivity contribution in [3.05, 3.63) is 47.0 Å². The van der Waals surface area contributed by atoms with Gasteiger partial charge in [0.15, 0.2) is 9.84 Å². The first kappa shape index (κ1) is 19.1. The summed E-state index contributed by atoms with van der Waals surface area (Å²) in [5.41, 5.74) is 6.45. The topological polar surface area (TPSA) is 109 Å². The molecular formula is C17H19ClN2O4S. The Morgan fingerprint density at radius 1 is 1.32 bits per heavy atom. The van der Waals surface area contributed by atoms with Gasteiger partial charge in [-0.1, -0.05) is 30.7 Å². The highest BCUT2D eigenvalue weighted by molar-refractivity contribution is 7.92. The molecular weight excluding hydrogens is 364 g/mol. The first-order valence-electron chi connectivity index (χ1n) is 7.56. The second-order valence-electron chi connectivity index (χ2n) is 5.64. The first-order valence-corrected chi connectivity index (χ1v) is 9.48. The van der Waals surface area contributed by atoms with E-state index in [9.17, 15) is 18.3 Å². The number of nitrogen functional groups attached to an aromatic ring is 1. The Labute approximate surface area is 151 Å². The zero-order valence-corrected chi connectivity index (χ0v) is 15.4. The molecule has 0 bridgehead atoms. The van der Waals surface area contributed by atoms with E-state index < -0.39 is 21.0 Å². The van der Waals surface area contributed by atoms with Crippen molar-refractivity contribution < 1.29 is 18.3 Å². The minimum Gasteiger partial charge on any atom is -0.506 e. The molecule has 0 spiro atoms. The molecule has 6 nitrogen and oxygen atoms in total. The van der Waals surface area contributed by atoms with Crippen LogP contribution in [0, 0.1) is 6.92 Å². The van der Waals surface area contributed by atoms with Gasteiger partial charge in [-0.2, -0.15) is 0 Å². The number of phenolic OH excluding ortho intramolecular Hbond substituents is 1. The monoisotopic (exact) mass is 382 g/mol. The van der Waals surface area contributed by atoms with Crippen LogP contribution in [-0.4, -0.2) is 24.7 Å². The van der Waals surface area contributed by atoms with E-state index in [-0.39, 0.29) is 33.5 Å². The van der Waals surface area contributed by atoms with E-state index >= 15 is 0 Å². The Morgan fingerprint density at radius 2 is 2.00 bits per heavy atom. The summed E-state index contributed by atoms with van der Waals surface area (Å²) in [6.07, 6.45) is 0.0840. The standard InChI is InChI=1S/C17H19ClN2O4S/c1-3-16(25(23,24)11-6-4-5-10(2)7-11)17(22)20-14-9-15(21)13(19)8-12(14)18/h4-9,16,21H,3,19H2,1-2H3,(H,20,22). The van der Waals surface area contributed by atoms with Gasteiger partial charge in [-0.3, -0.25) is 4.79 Å². The summed E-state index contributed by atoms with van der Waals surface area (Å²) in [6, 6.07) is 8.84. The second-order valence-corrected chi connectivity index (χ2v) is 8.18. The van der Waals surface area contributed by atoms with E-state index in [1.54, 1.807) is 26.0 Å². The van der Waals surface area contributed by atoms with E-state index in [1.165, 1.54) is 24.3 Å². The normalized spacial score (nSPS) is 12.6. The smallest absolute Gasteiger partial charge is 0.243 e. The highest BCUT2D eigenvalue weighted by atomic mass is 35.5. The van der Waals surface area contributed by atoms with Gasteiger partial charge in [-0.25, -0.2) is 8.42 Å². The predicted molar refractivity (Wildman–Crippen MR) is 98.6 cm³/mol. The lowest BCUT2D eigenvalue weighted by molar-refractivity contribution is -0.115. The van der Waals surface area contributed by atoms with Crippen molar-refractivity contribution in [2.75, 3.05) is 11.1 Å². The van der Waals surface area contributed by atoms with Gasteiger partial charge in [0.2, 0.25) is 5.91 Å². The van der Waals surface area contributed by atoms with E-state index in [0.29, 0.717) is 0 Å². The minimum absolute atomic E-state index is 0.0578. The number of aromatic hydroxyl groups is 1. The number of rotatable bonds is 5. The van der Waals surface area contributed by atoms with Gasteiger partial charge in [0, 0.05) is 6.07 Å². The molecule has 1 unspecified atom stereocenters. The number of carbonyl (C=O) groups is 1. The van der Waals surface area contributed by atoms with Crippen LogP contribution in [0.25, 0.3) is 0 Å². The zero-order chi connectivity index (χ0) is 18.8. The molecule has 25 heavy (non-hydrogen) atoms. The van der Waals surface area contributed by atoms with Gasteiger partial charge in [-0.05, 0) is 37.1 Å². The third-order valence-corrected chi connectivity index (χ3v) is 6.25. The van der Waals surface area contributed by atoms with Crippen LogP contribution < -0.4 is 11.1 Å². The summed E-state index contributed by atoms with van der Waals surface area (Å²) in [5.74, 6) is -0.982. The van der Waals surface area contributed by atoms with Crippen LogP contribution in [0.2, 0.25) is 5.02 Å². The molecule has 0 saturated heterocycles. The van der Waals surface area contributed by atoms with Gasteiger partial charge in [0.05, 0.1) is 21.3 Å². The van der Waals surface area contributed by atoms with Gasteiger partial charge in [-0.15, -0.1) is 0 Å². The van der Waals surface area contributed by atoms with Crippen LogP contribution in [0.1, 0.15) is 18.9 Å². The largest absolute Gasteiger partial charge is 0.506 e. The fraction of sp³-hybridized carbons (Fsp3) is 0.235. The van der Waals surface area contributed by atoms with Crippen molar-refractivity contribution in [1.82, 2.24) is 0 Å². The molecule has 4 N–H and O–H groups in total. The van der Waals surface area contributed by atoms with Crippen molar-refractivity contribution in [3.63, 3.8) is 0 Å². The molecule has 0 fully saturated rings. The van der Waals surface area contributed by atoms with Crippen molar-refractivity contribution in [1.29, 1.82) is 0 Å². The molecule has 1 atom stereocenters. The summed E-state index contributed by atoms with van der Waals surface area (Å²) < 4.78 is 25.6. The van der Waals surface area contributed by atoms with Crippen LogP contribution in [0.5, 0.6) is 5.75 Å². The number of phenols is 1. The average molecular weight is 383 g/mol. The molecule has 1 amide bonds. The number of hydrogen-bond acceptors (Lipinski definition) is 5. The lowest BCUT2D eigenvalue weighted by Crippen LogP contribution is -2.34. The lowest BCUT2D eigenvalue weighted by atomic mass is 10.2. The average Bonchev–Trinajstić information content (AvgIpc) is 2.53. The van der Waals surface area contributed by atoms with Crippen molar-refractivity contribution in [2.24, 2.45) is 0 Å². The molecule has 134 valence electrons. The maximum Gasteiger partial charge on any atom is 0.243 e. The van der Waals surface area contributed by atoms with Crippen LogP contribution in [0.15, 0.2) is 41.3 Å². The number of nitrogens with two attached hydrogens (primary N) is 1. The molecule has 0 radical (unpaired) electrons. The molecule has 0 aliphatic carbocycles. The highest BCUT2D eigenvalue weighted by Gasteiger charge is 2.33. The van der Waals surface area contributed by atoms with Crippen molar-refractivity contribution >= 4 is 38.7 Å². The summed E-state index contributed by atoms with van der Waals surface area (Å²) >= 11 is 5.99.